The third-order valence-corrected chi connectivity index (χ3v) is 8.86. The molecule has 1 heterocycles. The van der Waals surface area contributed by atoms with Gasteiger partial charge < -0.3 is 0 Å². The molecule has 2 atom stereocenters. The number of nitrogens with zero attached hydrogens (tertiary/aromatic N) is 1. The van der Waals surface area contributed by atoms with E-state index in [4.69, 9.17) is 0 Å². The molecule has 0 radical (unpaired) electrons. The van der Waals surface area contributed by atoms with Crippen molar-refractivity contribution in [3.8, 4) is 0 Å². The van der Waals surface area contributed by atoms with Gasteiger partial charge in [0.2, 0.25) is 10.0 Å². The maximum absolute atomic E-state index is 13.3. The minimum Gasteiger partial charge on any atom is -0.271 e. The van der Waals surface area contributed by atoms with Gasteiger partial charge in [0.05, 0.1) is 0 Å². The molecule has 0 aromatic heterocycles. The zero-order valence-electron chi connectivity index (χ0n) is 17.7. The van der Waals surface area contributed by atoms with Gasteiger partial charge in [0.15, 0.2) is 5.17 Å². The fourth-order valence-corrected chi connectivity index (χ4v) is 7.24. The average Bonchev–Trinajstić information content (AvgIpc) is 3.19. The second kappa shape index (κ2) is 9.00. The Morgan fingerprint density at radius 1 is 0.879 bits per heavy atom. The molecule has 1 amide bonds. The summed E-state index contributed by atoms with van der Waals surface area (Å²) in [6.07, 6.45) is 4.18. The molecule has 0 fully saturated rings. The van der Waals surface area contributed by atoms with E-state index < -0.39 is 20.5 Å². The van der Waals surface area contributed by atoms with Crippen LogP contribution in [0.15, 0.2) is 96.0 Å². The average molecular weight is 475 g/mol. The van der Waals surface area contributed by atoms with Gasteiger partial charge in [-0.3, -0.25) is 9.52 Å². The predicted octanol–water partition coefficient (Wildman–Crippen LogP) is 4.89. The Bertz CT molecular complexity index is 1300. The highest BCUT2D eigenvalue weighted by molar-refractivity contribution is 8.16. The van der Waals surface area contributed by atoms with Gasteiger partial charge in [-0.15, -0.1) is 0 Å². The fraction of sp³-hybridized carbons (Fsp3) is 0.154. The lowest BCUT2D eigenvalue weighted by atomic mass is 9.88. The van der Waals surface area contributed by atoms with E-state index in [1.54, 1.807) is 0 Å². The zero-order valence-corrected chi connectivity index (χ0v) is 19.3. The van der Waals surface area contributed by atoms with Crippen molar-refractivity contribution < 1.29 is 13.2 Å². The number of carbonyl (C=O) groups is 1. The summed E-state index contributed by atoms with van der Waals surface area (Å²) in [5.41, 5.74) is 3.62. The summed E-state index contributed by atoms with van der Waals surface area (Å²) < 4.78 is 29.2. The molecular formula is C26H22N2O3S2. The molecule has 166 valence electrons. The molecular weight excluding hydrogens is 452 g/mol. The molecule has 33 heavy (non-hydrogen) atoms. The third-order valence-electron chi connectivity index (χ3n) is 5.91. The van der Waals surface area contributed by atoms with Crippen LogP contribution in [0, 0.1) is 0 Å². The minimum atomic E-state index is -3.79. The van der Waals surface area contributed by atoms with Crippen molar-refractivity contribution in [3.63, 3.8) is 0 Å². The summed E-state index contributed by atoms with van der Waals surface area (Å²) in [4.78, 5) is 17.1. The normalized spacial score (nSPS) is 19.9. The lowest BCUT2D eigenvalue weighted by molar-refractivity contribution is -0.117. The summed E-state index contributed by atoms with van der Waals surface area (Å²) in [6, 6.07) is 27.0. The van der Waals surface area contributed by atoms with Gasteiger partial charge in [0.25, 0.3) is 5.91 Å². The standard InChI is InChI=1S/C26H22N2O3S2/c29-25-24(23(19-11-3-1-4-12-19)20-13-5-2-6-14-20)32-26(27-25)28-33(30,31)22-17-9-15-18-10-7-8-16-21(18)22/h1-16,22-24H,17H2,(H,27,28,29). The molecule has 0 spiro atoms. The van der Waals surface area contributed by atoms with Crippen LogP contribution in [-0.2, 0) is 14.8 Å². The number of amides is 1. The van der Waals surface area contributed by atoms with Gasteiger partial charge in [-0.2, -0.15) is 4.99 Å². The highest BCUT2D eigenvalue weighted by Crippen LogP contribution is 2.40. The Morgan fingerprint density at radius 2 is 1.48 bits per heavy atom. The molecule has 1 N–H and O–H groups in total. The maximum Gasteiger partial charge on any atom is 0.262 e. The quantitative estimate of drug-likeness (QED) is 0.571. The first kappa shape index (κ1) is 21.7. The Balaban J connectivity index is 1.41. The molecule has 3 aromatic rings. The highest BCUT2D eigenvalue weighted by atomic mass is 32.2. The molecule has 3 aromatic carbocycles. The molecule has 0 saturated carbocycles. The van der Waals surface area contributed by atoms with Crippen LogP contribution in [0.5, 0.6) is 0 Å². The van der Waals surface area contributed by atoms with Crippen LogP contribution in [0.3, 0.4) is 0 Å². The van der Waals surface area contributed by atoms with E-state index in [1.807, 2.05) is 97.1 Å². The van der Waals surface area contributed by atoms with Crippen molar-refractivity contribution in [1.82, 2.24) is 4.72 Å². The number of rotatable bonds is 5. The number of fused-ring (bicyclic) bond motifs is 1. The van der Waals surface area contributed by atoms with Crippen LogP contribution in [0.2, 0.25) is 0 Å². The van der Waals surface area contributed by atoms with Gasteiger partial charge >= 0.3 is 0 Å². The third kappa shape index (κ3) is 4.38. The van der Waals surface area contributed by atoms with Crippen LogP contribution in [0.1, 0.15) is 39.8 Å². The van der Waals surface area contributed by atoms with Gasteiger partial charge in [-0.1, -0.05) is 109 Å². The number of sulfonamides is 1. The Kier molecular flexibility index (Phi) is 5.91. The summed E-state index contributed by atoms with van der Waals surface area (Å²) in [7, 11) is -3.79. The van der Waals surface area contributed by atoms with Crippen molar-refractivity contribution in [1.29, 1.82) is 0 Å². The first-order chi connectivity index (χ1) is 16.0. The van der Waals surface area contributed by atoms with Crippen LogP contribution < -0.4 is 4.72 Å². The Morgan fingerprint density at radius 3 is 2.15 bits per heavy atom. The van der Waals surface area contributed by atoms with Crippen LogP contribution in [0.25, 0.3) is 6.08 Å². The van der Waals surface area contributed by atoms with Gasteiger partial charge in [-0.25, -0.2) is 8.42 Å². The monoisotopic (exact) mass is 474 g/mol. The maximum atomic E-state index is 13.3. The topological polar surface area (TPSA) is 75.6 Å². The molecule has 7 heteroatoms. The van der Waals surface area contributed by atoms with Crippen LogP contribution in [0.4, 0.5) is 0 Å². The lowest BCUT2D eigenvalue weighted by Crippen LogP contribution is -2.33. The summed E-state index contributed by atoms with van der Waals surface area (Å²) >= 11 is 1.18. The summed E-state index contributed by atoms with van der Waals surface area (Å²) in [6.45, 7) is 0. The largest absolute Gasteiger partial charge is 0.271 e. The lowest BCUT2D eigenvalue weighted by Gasteiger charge is -2.24. The SMILES string of the molecule is O=C1N=C(NS(=O)(=O)C2CC=Cc3ccccc32)SC1C(c1ccccc1)c1ccccc1. The van der Waals surface area contributed by atoms with Crippen molar-refractivity contribution >= 4 is 38.9 Å². The second-order valence-corrected chi connectivity index (χ2v) is 11.0. The first-order valence-corrected chi connectivity index (χ1v) is 13.1. The number of thioether (sulfide) groups is 1. The van der Waals surface area contributed by atoms with E-state index in [0.717, 1.165) is 22.3 Å². The molecule has 1 aliphatic heterocycles. The molecule has 5 rings (SSSR count). The molecule has 5 nitrogen and oxygen atoms in total. The molecule has 2 aliphatic rings. The zero-order chi connectivity index (χ0) is 22.8. The second-order valence-electron chi connectivity index (χ2n) is 8.00. The highest BCUT2D eigenvalue weighted by Gasteiger charge is 2.39. The van der Waals surface area contributed by atoms with Crippen molar-refractivity contribution in [2.45, 2.75) is 22.8 Å². The van der Waals surface area contributed by atoms with E-state index in [0.29, 0.717) is 6.42 Å². The van der Waals surface area contributed by atoms with Crippen molar-refractivity contribution in [3.05, 3.63) is 113 Å². The van der Waals surface area contributed by atoms with E-state index in [1.165, 1.54) is 11.8 Å². The summed E-state index contributed by atoms with van der Waals surface area (Å²) in [5, 5.41) is -1.14. The smallest absolute Gasteiger partial charge is 0.262 e. The minimum absolute atomic E-state index is 0.133. The van der Waals surface area contributed by atoms with E-state index in [9.17, 15) is 13.2 Å². The number of benzene rings is 3. The molecule has 0 bridgehead atoms. The number of allylic oxidation sites excluding steroid dienone is 1. The first-order valence-electron chi connectivity index (χ1n) is 10.7. The van der Waals surface area contributed by atoms with Gasteiger partial charge in [-0.05, 0) is 28.7 Å². The van der Waals surface area contributed by atoms with E-state index in [2.05, 4.69) is 9.71 Å². The Hall–Kier alpha value is -3.16. The number of hydrogen-bond donors (Lipinski definition) is 1. The van der Waals surface area contributed by atoms with E-state index in [-0.39, 0.29) is 17.0 Å². The molecule has 0 saturated heterocycles. The van der Waals surface area contributed by atoms with Crippen molar-refractivity contribution in [2.75, 3.05) is 0 Å². The Labute approximate surface area is 197 Å². The number of hydrogen-bond acceptors (Lipinski definition) is 4. The fourth-order valence-electron chi connectivity index (χ4n) is 4.37. The summed E-state index contributed by atoms with van der Waals surface area (Å²) in [5.74, 6) is -0.576. The van der Waals surface area contributed by atoms with E-state index >= 15 is 0 Å². The number of carbonyl (C=O) groups excluding carboxylic acids is 1. The number of nitrogens with one attached hydrogen (secondary N) is 1. The number of amidine groups is 1. The van der Waals surface area contributed by atoms with Crippen LogP contribution >= 0.6 is 11.8 Å². The molecule has 2 unspecified atom stereocenters. The van der Waals surface area contributed by atoms with Gasteiger partial charge in [0, 0.05) is 5.92 Å². The van der Waals surface area contributed by atoms with Crippen molar-refractivity contribution in [2.24, 2.45) is 4.99 Å². The van der Waals surface area contributed by atoms with Crippen LogP contribution in [-0.4, -0.2) is 24.7 Å². The number of aliphatic imine (C=N–C) groups is 1. The van der Waals surface area contributed by atoms with Gasteiger partial charge in [0.1, 0.15) is 10.5 Å². The molecule has 1 aliphatic carbocycles. The predicted molar refractivity (Wildman–Crippen MR) is 133 cm³/mol.